The molecule has 1 aromatic heterocycles. The monoisotopic (exact) mass is 541 g/mol. The van der Waals surface area contributed by atoms with E-state index in [0.29, 0.717) is 22.7 Å². The number of hydrogen-bond acceptors (Lipinski definition) is 5. The summed E-state index contributed by atoms with van der Waals surface area (Å²) in [7, 11) is 3.09. The fraction of sp³-hybridized carbons (Fsp3) is 0.312. The van der Waals surface area contributed by atoms with Crippen LogP contribution in [0.15, 0.2) is 72.9 Å². The summed E-state index contributed by atoms with van der Waals surface area (Å²) in [5, 5.41) is 14.2. The van der Waals surface area contributed by atoms with Crippen LogP contribution in [0.2, 0.25) is 0 Å². The van der Waals surface area contributed by atoms with Crippen molar-refractivity contribution in [2.24, 2.45) is 0 Å². The number of carbonyl (C=O) groups excluding carboxylic acids is 2. The average molecular weight is 542 g/mol. The first-order valence-electron chi connectivity index (χ1n) is 13.7. The number of phenolic OH excluding ortho intramolecular Hbond substituents is 1. The van der Waals surface area contributed by atoms with Crippen LogP contribution in [0.3, 0.4) is 0 Å². The van der Waals surface area contributed by atoms with Gasteiger partial charge >= 0.3 is 0 Å². The molecule has 1 saturated carbocycles. The number of hydrogen-bond donors (Lipinski definition) is 3. The van der Waals surface area contributed by atoms with Gasteiger partial charge in [-0.25, -0.2) is 0 Å². The fourth-order valence-corrected chi connectivity index (χ4v) is 5.50. The van der Waals surface area contributed by atoms with Crippen molar-refractivity contribution in [1.82, 2.24) is 10.3 Å². The van der Waals surface area contributed by atoms with Crippen LogP contribution in [0.25, 0.3) is 10.9 Å². The highest BCUT2D eigenvalue weighted by Gasteiger charge is 2.35. The first-order chi connectivity index (χ1) is 19.5. The van der Waals surface area contributed by atoms with E-state index in [-0.39, 0.29) is 30.0 Å². The molecule has 0 bridgehead atoms. The summed E-state index contributed by atoms with van der Waals surface area (Å²) in [6.07, 6.45) is 7.00. The zero-order valence-electron chi connectivity index (χ0n) is 22.9. The third kappa shape index (κ3) is 5.91. The molecule has 8 nitrogen and oxygen atoms in total. The minimum Gasteiger partial charge on any atom is -0.508 e. The predicted octanol–water partition coefficient (Wildman–Crippen LogP) is 5.66. The van der Waals surface area contributed by atoms with E-state index in [0.717, 1.165) is 48.6 Å². The van der Waals surface area contributed by atoms with Gasteiger partial charge in [0.25, 0.3) is 0 Å². The van der Waals surface area contributed by atoms with Crippen LogP contribution in [-0.4, -0.2) is 42.2 Å². The molecule has 0 unspecified atom stereocenters. The number of amides is 2. The van der Waals surface area contributed by atoms with Crippen molar-refractivity contribution in [3.05, 3.63) is 84.1 Å². The first kappa shape index (κ1) is 27.1. The predicted molar refractivity (Wildman–Crippen MR) is 155 cm³/mol. The maximum absolute atomic E-state index is 14.3. The molecular formula is C32H35N3O5. The summed E-state index contributed by atoms with van der Waals surface area (Å²) in [4.78, 5) is 33.2. The second-order valence-electron chi connectivity index (χ2n) is 10.2. The zero-order valence-corrected chi connectivity index (χ0v) is 22.9. The quantitative estimate of drug-likeness (QED) is 0.254. The molecule has 5 rings (SSSR count). The fourth-order valence-electron chi connectivity index (χ4n) is 5.50. The molecule has 1 heterocycles. The summed E-state index contributed by atoms with van der Waals surface area (Å²) in [6, 6.07) is 18.5. The summed E-state index contributed by atoms with van der Waals surface area (Å²) < 4.78 is 11.0. The highest BCUT2D eigenvalue weighted by molar-refractivity contribution is 6.03. The van der Waals surface area contributed by atoms with Gasteiger partial charge in [0.2, 0.25) is 11.8 Å². The third-order valence-electron chi connectivity index (χ3n) is 7.57. The van der Waals surface area contributed by atoms with E-state index in [2.05, 4.69) is 10.3 Å². The Morgan fingerprint density at radius 1 is 0.975 bits per heavy atom. The van der Waals surface area contributed by atoms with Gasteiger partial charge in [0.05, 0.1) is 26.3 Å². The van der Waals surface area contributed by atoms with E-state index in [1.54, 1.807) is 44.6 Å². The number of aromatic amines is 1. The van der Waals surface area contributed by atoms with Crippen LogP contribution < -0.4 is 19.7 Å². The number of phenols is 1. The minimum absolute atomic E-state index is 0.0475. The largest absolute Gasteiger partial charge is 0.508 e. The lowest BCUT2D eigenvalue weighted by Crippen LogP contribution is -2.47. The van der Waals surface area contributed by atoms with Crippen molar-refractivity contribution in [2.45, 2.75) is 50.6 Å². The van der Waals surface area contributed by atoms with E-state index >= 15 is 0 Å². The molecule has 0 saturated heterocycles. The van der Waals surface area contributed by atoms with E-state index in [4.69, 9.17) is 9.47 Å². The number of H-pyrrole nitrogens is 1. The molecule has 8 heteroatoms. The summed E-state index contributed by atoms with van der Waals surface area (Å²) in [5.74, 6) is 0.534. The number of carbonyl (C=O) groups is 2. The molecule has 40 heavy (non-hydrogen) atoms. The van der Waals surface area contributed by atoms with Gasteiger partial charge in [-0.2, -0.15) is 0 Å². The molecular weight excluding hydrogens is 506 g/mol. The molecule has 1 fully saturated rings. The molecule has 4 aromatic rings. The number of nitrogens with zero attached hydrogens (tertiary/aromatic N) is 1. The van der Waals surface area contributed by atoms with Crippen LogP contribution in [0.1, 0.15) is 49.3 Å². The van der Waals surface area contributed by atoms with E-state index in [1.165, 1.54) is 17.0 Å². The van der Waals surface area contributed by atoms with Crippen molar-refractivity contribution in [1.29, 1.82) is 0 Å². The SMILES string of the molecule is COc1cc(OC)cc(N(C(=O)Cc2c[nH]c3ccccc23)[C@@H](C(=O)NC2CCCCC2)c2ccc(O)cc2)c1. The van der Waals surface area contributed by atoms with E-state index in [1.807, 2.05) is 30.5 Å². The Morgan fingerprint density at radius 2 is 1.65 bits per heavy atom. The molecule has 1 aliphatic rings. The number of nitrogens with one attached hydrogen (secondary N) is 2. The number of methoxy groups -OCH3 is 2. The second kappa shape index (κ2) is 12.2. The van der Waals surface area contributed by atoms with Crippen molar-refractivity contribution < 1.29 is 24.2 Å². The number of para-hydroxylation sites is 1. The Balaban J connectivity index is 1.61. The third-order valence-corrected chi connectivity index (χ3v) is 7.57. The zero-order chi connectivity index (χ0) is 28.1. The average Bonchev–Trinajstić information content (AvgIpc) is 3.39. The van der Waals surface area contributed by atoms with Gasteiger partial charge in [-0.1, -0.05) is 49.6 Å². The van der Waals surface area contributed by atoms with Gasteiger partial charge in [-0.3, -0.25) is 14.5 Å². The lowest BCUT2D eigenvalue weighted by atomic mass is 9.94. The van der Waals surface area contributed by atoms with Gasteiger partial charge in [0.15, 0.2) is 0 Å². The van der Waals surface area contributed by atoms with Crippen LogP contribution in [0.5, 0.6) is 17.2 Å². The molecule has 208 valence electrons. The van der Waals surface area contributed by atoms with Crippen molar-refractivity contribution in [2.75, 3.05) is 19.1 Å². The highest BCUT2D eigenvalue weighted by Crippen LogP contribution is 2.36. The molecule has 2 amide bonds. The topological polar surface area (TPSA) is 104 Å². The smallest absolute Gasteiger partial charge is 0.248 e. The van der Waals surface area contributed by atoms with Crippen LogP contribution in [0, 0.1) is 0 Å². The number of fused-ring (bicyclic) bond motifs is 1. The molecule has 1 aliphatic carbocycles. The van der Waals surface area contributed by atoms with Crippen molar-refractivity contribution >= 4 is 28.4 Å². The summed E-state index contributed by atoms with van der Waals surface area (Å²) in [6.45, 7) is 0. The molecule has 1 atom stereocenters. The van der Waals surface area contributed by atoms with E-state index < -0.39 is 6.04 Å². The Bertz CT molecular complexity index is 1450. The maximum atomic E-state index is 14.3. The number of rotatable bonds is 9. The minimum atomic E-state index is -0.989. The van der Waals surface area contributed by atoms with Crippen LogP contribution in [-0.2, 0) is 16.0 Å². The van der Waals surface area contributed by atoms with Crippen molar-refractivity contribution in [3.63, 3.8) is 0 Å². The number of ether oxygens (including phenoxy) is 2. The van der Waals surface area contributed by atoms with Crippen LogP contribution >= 0.6 is 0 Å². The van der Waals surface area contributed by atoms with Crippen LogP contribution in [0.4, 0.5) is 5.69 Å². The van der Waals surface area contributed by atoms with Gasteiger partial charge < -0.3 is 24.9 Å². The number of aromatic hydroxyl groups is 1. The molecule has 3 aromatic carbocycles. The van der Waals surface area contributed by atoms with E-state index in [9.17, 15) is 14.7 Å². The maximum Gasteiger partial charge on any atom is 0.248 e. The van der Waals surface area contributed by atoms with Gasteiger partial charge in [-0.15, -0.1) is 0 Å². The van der Waals surface area contributed by atoms with Gasteiger partial charge in [0.1, 0.15) is 23.3 Å². The number of anilines is 1. The Kier molecular flexibility index (Phi) is 8.24. The lowest BCUT2D eigenvalue weighted by Gasteiger charge is -2.34. The normalized spacial score (nSPS) is 14.4. The van der Waals surface area contributed by atoms with Gasteiger partial charge in [0, 0.05) is 41.3 Å². The molecule has 0 aliphatic heterocycles. The highest BCUT2D eigenvalue weighted by atomic mass is 16.5. The Morgan fingerprint density at radius 3 is 2.33 bits per heavy atom. The lowest BCUT2D eigenvalue weighted by molar-refractivity contribution is -0.127. The number of aromatic nitrogens is 1. The Labute approximate surface area is 233 Å². The molecule has 0 spiro atoms. The second-order valence-corrected chi connectivity index (χ2v) is 10.2. The first-order valence-corrected chi connectivity index (χ1v) is 13.7. The van der Waals surface area contributed by atoms with Crippen molar-refractivity contribution in [3.8, 4) is 17.2 Å². The molecule has 3 N–H and O–H groups in total. The molecule has 0 radical (unpaired) electrons. The number of benzene rings is 3. The summed E-state index contributed by atoms with van der Waals surface area (Å²) >= 11 is 0. The Hall–Kier alpha value is -4.46. The van der Waals surface area contributed by atoms with Gasteiger partial charge in [-0.05, 0) is 42.2 Å². The standard InChI is InChI=1S/C32H35N3O5/c1-39-26-17-24(18-27(19-26)40-2)35(30(37)16-22-20-33-29-11-7-6-10-28(22)29)31(21-12-14-25(36)15-13-21)32(38)34-23-8-4-3-5-9-23/h6-7,10-15,17-20,23,31,33,36H,3-5,8-9,16H2,1-2H3,(H,34,38)/t31-/m1/s1. The summed E-state index contributed by atoms with van der Waals surface area (Å²) in [5.41, 5.74) is 2.82.